The number of para-hydroxylation sites is 1. The maximum Gasteiger partial charge on any atom is 0.264 e. The monoisotopic (exact) mass is 621 g/mol. The number of halogens is 2. The summed E-state index contributed by atoms with van der Waals surface area (Å²) in [4.78, 5) is 28.1. The summed E-state index contributed by atoms with van der Waals surface area (Å²) < 4.78 is 39.6. The molecule has 9 nitrogen and oxygen atoms in total. The Morgan fingerprint density at radius 2 is 1.56 bits per heavy atom. The fourth-order valence-corrected chi connectivity index (χ4v) is 6.01. The van der Waals surface area contributed by atoms with Crippen molar-refractivity contribution in [3.63, 3.8) is 0 Å². The van der Waals surface area contributed by atoms with Gasteiger partial charge in [-0.25, -0.2) is 8.42 Å². The number of rotatable bonds is 13. The zero-order valence-electron chi connectivity index (χ0n) is 23.3. The summed E-state index contributed by atoms with van der Waals surface area (Å²) in [6.07, 6.45) is 0.702. The van der Waals surface area contributed by atoms with E-state index in [1.165, 1.54) is 37.3 Å². The van der Waals surface area contributed by atoms with Crippen LogP contribution in [0, 0.1) is 0 Å². The first-order valence-electron chi connectivity index (χ1n) is 12.8. The molecule has 1 N–H and O–H groups in total. The second kappa shape index (κ2) is 14.4. The Morgan fingerprint density at radius 3 is 2.15 bits per heavy atom. The van der Waals surface area contributed by atoms with Gasteiger partial charge in [-0.15, -0.1) is 0 Å². The second-order valence-corrected chi connectivity index (χ2v) is 11.7. The summed E-state index contributed by atoms with van der Waals surface area (Å²) in [5, 5.41) is 3.42. The van der Waals surface area contributed by atoms with E-state index in [0.717, 1.165) is 4.31 Å². The molecule has 0 radical (unpaired) electrons. The molecule has 3 rings (SSSR count). The van der Waals surface area contributed by atoms with E-state index in [2.05, 4.69) is 5.32 Å². The Kier molecular flexibility index (Phi) is 11.3. The number of anilines is 1. The average molecular weight is 623 g/mol. The van der Waals surface area contributed by atoms with E-state index in [1.807, 2.05) is 6.92 Å². The lowest BCUT2D eigenvalue weighted by Gasteiger charge is -2.32. The molecule has 0 bridgehead atoms. The molecule has 0 aliphatic heterocycles. The minimum atomic E-state index is -4.29. The molecule has 3 aromatic carbocycles. The number of carbonyl (C=O) groups excluding carboxylic acids is 2. The van der Waals surface area contributed by atoms with Crippen molar-refractivity contribution in [2.24, 2.45) is 0 Å². The number of nitrogens with zero attached hydrogens (tertiary/aromatic N) is 2. The van der Waals surface area contributed by atoms with Crippen molar-refractivity contribution >= 4 is 50.7 Å². The average Bonchev–Trinajstić information content (AvgIpc) is 2.97. The molecule has 0 spiro atoms. The first kappa shape index (κ1) is 32.0. The molecule has 0 unspecified atom stereocenters. The molecule has 0 aliphatic rings. The molecule has 0 heterocycles. The molecular formula is C29H33Cl2N3O6S. The van der Waals surface area contributed by atoms with Crippen molar-refractivity contribution in [1.29, 1.82) is 0 Å². The van der Waals surface area contributed by atoms with Gasteiger partial charge in [0, 0.05) is 34.8 Å². The summed E-state index contributed by atoms with van der Waals surface area (Å²) >= 11 is 12.8. The number of nitrogens with one attached hydrogen (secondary N) is 1. The Balaban J connectivity index is 2.07. The Morgan fingerprint density at radius 1 is 0.927 bits per heavy atom. The van der Waals surface area contributed by atoms with Crippen molar-refractivity contribution in [2.45, 2.75) is 37.8 Å². The Bertz CT molecular complexity index is 1450. The SMILES string of the molecule is CCCNC(=O)[C@@H](C)N(Cc1c(Cl)cccc1Cl)C(=O)CN(c1ccccc1)S(=O)(=O)c1ccc(OC)c(OC)c1. The van der Waals surface area contributed by atoms with Crippen LogP contribution in [0.5, 0.6) is 11.5 Å². The molecule has 12 heteroatoms. The van der Waals surface area contributed by atoms with E-state index in [-0.39, 0.29) is 22.9 Å². The third kappa shape index (κ3) is 7.63. The fourth-order valence-electron chi connectivity index (χ4n) is 4.06. The van der Waals surface area contributed by atoms with Gasteiger partial charge in [0.2, 0.25) is 11.8 Å². The van der Waals surface area contributed by atoms with E-state index < -0.39 is 34.4 Å². The number of hydrogen-bond donors (Lipinski definition) is 1. The van der Waals surface area contributed by atoms with Gasteiger partial charge in [0.05, 0.1) is 24.8 Å². The lowest BCUT2D eigenvalue weighted by atomic mass is 10.1. The third-order valence-corrected chi connectivity index (χ3v) is 8.85. The number of hydrogen-bond acceptors (Lipinski definition) is 6. The maximum absolute atomic E-state index is 14.0. The van der Waals surface area contributed by atoms with E-state index in [4.69, 9.17) is 32.7 Å². The molecule has 1 atom stereocenters. The number of carbonyl (C=O) groups is 2. The zero-order chi connectivity index (χ0) is 30.2. The Labute approximate surface area is 251 Å². The van der Waals surface area contributed by atoms with E-state index >= 15 is 0 Å². The molecule has 41 heavy (non-hydrogen) atoms. The minimum Gasteiger partial charge on any atom is -0.493 e. The zero-order valence-corrected chi connectivity index (χ0v) is 25.6. The lowest BCUT2D eigenvalue weighted by Crippen LogP contribution is -2.51. The smallest absolute Gasteiger partial charge is 0.264 e. The first-order chi connectivity index (χ1) is 19.5. The van der Waals surface area contributed by atoms with Gasteiger partial charge in [-0.3, -0.25) is 13.9 Å². The molecule has 2 amide bonds. The van der Waals surface area contributed by atoms with E-state index in [1.54, 1.807) is 55.5 Å². The molecule has 0 saturated carbocycles. The number of sulfonamides is 1. The van der Waals surface area contributed by atoms with Crippen LogP contribution in [0.1, 0.15) is 25.8 Å². The maximum atomic E-state index is 14.0. The predicted octanol–water partition coefficient (Wildman–Crippen LogP) is 5.15. The Hall–Kier alpha value is -3.47. The van der Waals surface area contributed by atoms with Crippen LogP contribution < -0.4 is 19.1 Å². The van der Waals surface area contributed by atoms with Crippen molar-refractivity contribution in [1.82, 2.24) is 10.2 Å². The molecule has 220 valence electrons. The molecule has 0 fully saturated rings. The van der Waals surface area contributed by atoms with Crippen LogP contribution in [-0.4, -0.2) is 58.5 Å². The quantitative estimate of drug-likeness (QED) is 0.283. The van der Waals surface area contributed by atoms with Crippen molar-refractivity contribution in [3.8, 4) is 11.5 Å². The van der Waals surface area contributed by atoms with Gasteiger partial charge in [-0.05, 0) is 49.7 Å². The number of ether oxygens (including phenoxy) is 2. The highest BCUT2D eigenvalue weighted by atomic mass is 35.5. The molecule has 3 aromatic rings. The van der Waals surface area contributed by atoms with Crippen LogP contribution in [0.4, 0.5) is 5.69 Å². The van der Waals surface area contributed by atoms with Crippen LogP contribution in [0.25, 0.3) is 0 Å². The van der Waals surface area contributed by atoms with Crippen LogP contribution >= 0.6 is 23.2 Å². The van der Waals surface area contributed by atoms with Gasteiger partial charge in [-0.2, -0.15) is 0 Å². The van der Waals surface area contributed by atoms with Crippen LogP contribution in [0.15, 0.2) is 71.6 Å². The van der Waals surface area contributed by atoms with Crippen LogP contribution in [-0.2, 0) is 26.2 Å². The molecule has 0 saturated heterocycles. The van der Waals surface area contributed by atoms with E-state index in [0.29, 0.717) is 34.3 Å². The van der Waals surface area contributed by atoms with Gasteiger partial charge in [0.25, 0.3) is 10.0 Å². The predicted molar refractivity (Wildman–Crippen MR) is 160 cm³/mol. The molecular weight excluding hydrogens is 589 g/mol. The first-order valence-corrected chi connectivity index (χ1v) is 15.0. The van der Waals surface area contributed by atoms with Crippen molar-refractivity contribution in [3.05, 3.63) is 82.3 Å². The largest absolute Gasteiger partial charge is 0.493 e. The van der Waals surface area contributed by atoms with Gasteiger partial charge < -0.3 is 19.7 Å². The van der Waals surface area contributed by atoms with Gasteiger partial charge in [0.15, 0.2) is 11.5 Å². The minimum absolute atomic E-state index is 0.110. The summed E-state index contributed by atoms with van der Waals surface area (Å²) in [5.41, 5.74) is 0.697. The number of amides is 2. The van der Waals surface area contributed by atoms with Crippen LogP contribution in [0.3, 0.4) is 0 Å². The lowest BCUT2D eigenvalue weighted by molar-refractivity contribution is -0.139. The summed E-state index contributed by atoms with van der Waals surface area (Å²) in [5.74, 6) is -0.460. The second-order valence-electron chi connectivity index (χ2n) is 9.05. The standard InChI is InChI=1S/C29H33Cl2N3O6S/c1-5-16-32-29(36)20(2)33(18-23-24(30)12-9-13-25(23)31)28(35)19-34(21-10-7-6-8-11-21)41(37,38)22-14-15-26(39-3)27(17-22)40-4/h6-15,17,20H,5,16,18-19H2,1-4H3,(H,32,36)/t20-/m1/s1. The molecule has 0 aromatic heterocycles. The van der Waals surface area contributed by atoms with Gasteiger partial charge >= 0.3 is 0 Å². The van der Waals surface area contributed by atoms with Gasteiger partial charge in [-0.1, -0.05) is 54.4 Å². The van der Waals surface area contributed by atoms with Gasteiger partial charge in [0.1, 0.15) is 12.6 Å². The van der Waals surface area contributed by atoms with Crippen molar-refractivity contribution < 1.29 is 27.5 Å². The number of methoxy groups -OCH3 is 2. The summed E-state index contributed by atoms with van der Waals surface area (Å²) in [6, 6.07) is 16.4. The summed E-state index contributed by atoms with van der Waals surface area (Å²) in [7, 11) is -1.45. The van der Waals surface area contributed by atoms with E-state index in [9.17, 15) is 18.0 Å². The van der Waals surface area contributed by atoms with Crippen molar-refractivity contribution in [2.75, 3.05) is 31.6 Å². The normalized spacial score (nSPS) is 11.9. The fraction of sp³-hybridized carbons (Fsp3) is 0.310. The molecule has 0 aliphatic carbocycles. The highest BCUT2D eigenvalue weighted by Gasteiger charge is 2.33. The topological polar surface area (TPSA) is 105 Å². The summed E-state index contributed by atoms with van der Waals surface area (Å²) in [6.45, 7) is 3.19. The third-order valence-electron chi connectivity index (χ3n) is 6.37. The van der Waals surface area contributed by atoms with Crippen LogP contribution in [0.2, 0.25) is 10.0 Å². The highest BCUT2D eigenvalue weighted by Crippen LogP contribution is 2.33. The number of benzene rings is 3. The highest BCUT2D eigenvalue weighted by molar-refractivity contribution is 7.92.